The Morgan fingerprint density at radius 3 is 1.65 bits per heavy atom. The summed E-state index contributed by atoms with van der Waals surface area (Å²) < 4.78 is 6.35. The molecular formula is C51H32O. The Balaban J connectivity index is 1.15. The maximum absolute atomic E-state index is 6.35. The standard InChI is InChI=1S/C51H32O/c1-4-12-33(13-5-1)38-21-25-43-44-26-22-39-28-36(37-23-27-48-45(30-37)46-29-34-14-10-11-15-35(34)32-49(46)52-48)20-24-42(39)50(44)51(47(43)31-38,40-16-6-2-7-17-40)41-18-8-3-9-19-41/h1-32H. The van der Waals surface area contributed by atoms with Crippen LogP contribution in [0.5, 0.6) is 0 Å². The van der Waals surface area contributed by atoms with Crippen LogP contribution in [0.2, 0.25) is 0 Å². The normalized spacial score (nSPS) is 13.2. The second-order valence-corrected chi connectivity index (χ2v) is 14.0. The summed E-state index contributed by atoms with van der Waals surface area (Å²) in [5.74, 6) is 0. The fraction of sp³-hybridized carbons (Fsp3) is 0.0196. The summed E-state index contributed by atoms with van der Waals surface area (Å²) in [6.07, 6.45) is 0. The van der Waals surface area contributed by atoms with E-state index in [9.17, 15) is 0 Å². The number of rotatable bonds is 4. The van der Waals surface area contributed by atoms with Crippen molar-refractivity contribution in [3.63, 3.8) is 0 Å². The van der Waals surface area contributed by atoms with E-state index in [0.29, 0.717) is 0 Å². The molecule has 0 saturated carbocycles. The predicted molar refractivity (Wildman–Crippen MR) is 217 cm³/mol. The van der Waals surface area contributed by atoms with Crippen LogP contribution >= 0.6 is 0 Å². The van der Waals surface area contributed by atoms with Crippen LogP contribution in [0.3, 0.4) is 0 Å². The highest BCUT2D eigenvalue weighted by atomic mass is 16.3. The number of fused-ring (bicyclic) bond motifs is 9. The first-order valence-corrected chi connectivity index (χ1v) is 18.0. The second kappa shape index (κ2) is 11.2. The minimum Gasteiger partial charge on any atom is -0.456 e. The largest absolute Gasteiger partial charge is 0.456 e. The quantitative estimate of drug-likeness (QED) is 0.183. The Bertz CT molecular complexity index is 2950. The van der Waals surface area contributed by atoms with Gasteiger partial charge in [0.2, 0.25) is 0 Å². The molecule has 10 aromatic rings. The molecule has 1 aromatic heterocycles. The first kappa shape index (κ1) is 29.1. The first-order chi connectivity index (χ1) is 25.8. The van der Waals surface area contributed by atoms with Gasteiger partial charge in [0.25, 0.3) is 0 Å². The lowest BCUT2D eigenvalue weighted by atomic mass is 9.66. The van der Waals surface area contributed by atoms with Crippen molar-refractivity contribution < 1.29 is 4.42 Å². The van der Waals surface area contributed by atoms with Gasteiger partial charge < -0.3 is 4.42 Å². The maximum atomic E-state index is 6.35. The average molecular weight is 661 g/mol. The molecule has 0 amide bonds. The van der Waals surface area contributed by atoms with Gasteiger partial charge in [-0.15, -0.1) is 0 Å². The van der Waals surface area contributed by atoms with Crippen LogP contribution < -0.4 is 0 Å². The Hall–Kier alpha value is -6.70. The number of hydrogen-bond acceptors (Lipinski definition) is 1. The molecule has 1 nitrogen and oxygen atoms in total. The topological polar surface area (TPSA) is 13.1 Å². The molecule has 0 radical (unpaired) electrons. The molecule has 1 aliphatic carbocycles. The molecule has 1 heteroatoms. The van der Waals surface area contributed by atoms with Gasteiger partial charge in [0.05, 0.1) is 5.41 Å². The summed E-state index contributed by atoms with van der Waals surface area (Å²) in [5, 5.41) is 7.21. The Morgan fingerprint density at radius 2 is 0.904 bits per heavy atom. The van der Waals surface area contributed by atoms with Crippen LogP contribution in [0, 0.1) is 0 Å². The Kier molecular flexibility index (Phi) is 6.23. The van der Waals surface area contributed by atoms with Crippen LogP contribution in [0.25, 0.3) is 76.9 Å². The van der Waals surface area contributed by atoms with E-state index >= 15 is 0 Å². The molecule has 11 rings (SSSR count). The number of furan rings is 1. The van der Waals surface area contributed by atoms with Gasteiger partial charge in [0, 0.05) is 10.8 Å². The third kappa shape index (κ3) is 4.17. The highest BCUT2D eigenvalue weighted by Crippen LogP contribution is 2.58. The minimum absolute atomic E-state index is 0.504. The monoisotopic (exact) mass is 660 g/mol. The van der Waals surface area contributed by atoms with Crippen LogP contribution in [0.15, 0.2) is 199 Å². The smallest absolute Gasteiger partial charge is 0.136 e. The minimum atomic E-state index is -0.504. The van der Waals surface area contributed by atoms with Gasteiger partial charge in [-0.1, -0.05) is 158 Å². The molecule has 0 fully saturated rings. The molecule has 0 saturated heterocycles. The van der Waals surface area contributed by atoms with E-state index in [2.05, 4.69) is 194 Å². The summed E-state index contributed by atoms with van der Waals surface area (Å²) in [6, 6.07) is 71.3. The van der Waals surface area contributed by atoms with Crippen molar-refractivity contribution in [2.75, 3.05) is 0 Å². The summed E-state index contributed by atoms with van der Waals surface area (Å²) >= 11 is 0. The van der Waals surface area contributed by atoms with E-state index in [1.807, 2.05) is 0 Å². The van der Waals surface area contributed by atoms with Gasteiger partial charge in [-0.25, -0.2) is 0 Å². The van der Waals surface area contributed by atoms with E-state index in [0.717, 1.165) is 21.9 Å². The van der Waals surface area contributed by atoms with E-state index in [4.69, 9.17) is 4.42 Å². The molecule has 1 aliphatic rings. The third-order valence-corrected chi connectivity index (χ3v) is 11.3. The maximum Gasteiger partial charge on any atom is 0.136 e. The van der Waals surface area contributed by atoms with Gasteiger partial charge in [-0.05, 0) is 114 Å². The van der Waals surface area contributed by atoms with Gasteiger partial charge in [0.15, 0.2) is 0 Å². The van der Waals surface area contributed by atoms with E-state index in [-0.39, 0.29) is 0 Å². The third-order valence-electron chi connectivity index (χ3n) is 11.3. The summed E-state index contributed by atoms with van der Waals surface area (Å²) in [6.45, 7) is 0. The van der Waals surface area contributed by atoms with Crippen molar-refractivity contribution in [3.05, 3.63) is 216 Å². The van der Waals surface area contributed by atoms with Crippen molar-refractivity contribution in [2.45, 2.75) is 5.41 Å². The van der Waals surface area contributed by atoms with E-state index in [1.54, 1.807) is 0 Å². The van der Waals surface area contributed by atoms with E-state index < -0.39 is 5.41 Å². The number of hydrogen-bond donors (Lipinski definition) is 0. The van der Waals surface area contributed by atoms with E-state index in [1.165, 1.54) is 77.2 Å². The molecule has 0 N–H and O–H groups in total. The lowest BCUT2D eigenvalue weighted by Crippen LogP contribution is -2.28. The molecular weight excluding hydrogens is 629 g/mol. The molecule has 0 unspecified atom stereocenters. The summed E-state index contributed by atoms with van der Waals surface area (Å²) in [5.41, 5.74) is 13.9. The van der Waals surface area contributed by atoms with Crippen molar-refractivity contribution in [1.29, 1.82) is 0 Å². The van der Waals surface area contributed by atoms with Gasteiger partial charge in [-0.3, -0.25) is 0 Å². The zero-order valence-electron chi connectivity index (χ0n) is 28.4. The van der Waals surface area contributed by atoms with Gasteiger partial charge in [0.1, 0.15) is 11.2 Å². The fourth-order valence-electron chi connectivity index (χ4n) is 8.96. The summed E-state index contributed by atoms with van der Waals surface area (Å²) in [7, 11) is 0. The van der Waals surface area contributed by atoms with Crippen LogP contribution in [0.1, 0.15) is 22.3 Å². The first-order valence-electron chi connectivity index (χ1n) is 18.0. The van der Waals surface area contributed by atoms with Gasteiger partial charge >= 0.3 is 0 Å². The zero-order valence-corrected chi connectivity index (χ0v) is 28.4. The van der Waals surface area contributed by atoms with Crippen LogP contribution in [-0.2, 0) is 5.41 Å². The van der Waals surface area contributed by atoms with Gasteiger partial charge in [-0.2, -0.15) is 0 Å². The summed E-state index contributed by atoms with van der Waals surface area (Å²) in [4.78, 5) is 0. The van der Waals surface area contributed by atoms with Crippen LogP contribution in [0.4, 0.5) is 0 Å². The van der Waals surface area contributed by atoms with Crippen molar-refractivity contribution >= 4 is 43.5 Å². The highest BCUT2D eigenvalue weighted by molar-refractivity contribution is 6.11. The van der Waals surface area contributed by atoms with Crippen LogP contribution in [-0.4, -0.2) is 0 Å². The second-order valence-electron chi connectivity index (χ2n) is 14.0. The van der Waals surface area contributed by atoms with Crippen molar-refractivity contribution in [1.82, 2.24) is 0 Å². The zero-order chi connectivity index (χ0) is 34.2. The van der Waals surface area contributed by atoms with Crippen molar-refractivity contribution in [3.8, 4) is 33.4 Å². The molecule has 0 atom stereocenters. The highest BCUT2D eigenvalue weighted by Gasteiger charge is 2.47. The molecule has 0 spiro atoms. The predicted octanol–water partition coefficient (Wildman–Crippen LogP) is 13.6. The molecule has 242 valence electrons. The lowest BCUT2D eigenvalue weighted by molar-refractivity contribution is 0.669. The molecule has 52 heavy (non-hydrogen) atoms. The number of benzene rings is 9. The SMILES string of the molecule is c1ccc(-c2ccc3c(c2)C(c2ccccc2)(c2ccccc2)c2c-3ccc3cc(-c4ccc5oc6cc7ccccc7cc6c5c4)ccc23)cc1. The lowest BCUT2D eigenvalue weighted by Gasteiger charge is -2.35. The molecule has 0 aliphatic heterocycles. The molecule has 0 bridgehead atoms. The molecule has 9 aromatic carbocycles. The van der Waals surface area contributed by atoms with Crippen molar-refractivity contribution in [2.24, 2.45) is 0 Å². The Morgan fingerprint density at radius 1 is 0.327 bits per heavy atom. The Labute approximate surface area is 302 Å². The average Bonchev–Trinajstić information content (AvgIpc) is 3.73. The fourth-order valence-corrected chi connectivity index (χ4v) is 8.96. The molecule has 1 heterocycles.